The molecule has 1 amide bonds. The van der Waals surface area contributed by atoms with Crippen LogP contribution in [0.15, 0.2) is 28.0 Å². The minimum atomic E-state index is -0.689. The average Bonchev–Trinajstić information content (AvgIpc) is 3.42. The summed E-state index contributed by atoms with van der Waals surface area (Å²) in [6.07, 6.45) is 6.07. The average molecular weight is 453 g/mol. The number of anilines is 3. The highest BCUT2D eigenvalue weighted by molar-refractivity contribution is 5.97. The Kier molecular flexibility index (Phi) is 5.47. The number of nitrogens with zero attached hydrogens (tertiary/aromatic N) is 4. The molecule has 174 valence electrons. The van der Waals surface area contributed by atoms with Gasteiger partial charge >= 0.3 is 0 Å². The van der Waals surface area contributed by atoms with Gasteiger partial charge in [-0.15, -0.1) is 0 Å². The number of rotatable bonds is 8. The zero-order valence-electron chi connectivity index (χ0n) is 19.4. The molecule has 3 N–H and O–H groups in total. The van der Waals surface area contributed by atoms with Crippen LogP contribution in [0.1, 0.15) is 54.5 Å². The molecule has 2 heterocycles. The van der Waals surface area contributed by atoms with Gasteiger partial charge in [-0.3, -0.25) is 19.1 Å². The lowest BCUT2D eigenvalue weighted by atomic mass is 9.92. The van der Waals surface area contributed by atoms with Gasteiger partial charge in [0.25, 0.3) is 16.8 Å². The third-order valence-electron chi connectivity index (χ3n) is 6.32. The molecule has 1 aliphatic carbocycles. The largest absolute Gasteiger partial charge is 0.504 e. The molecule has 1 fully saturated rings. The first-order chi connectivity index (χ1) is 15.6. The number of nitrogens with one attached hydrogen (secondary N) is 2. The van der Waals surface area contributed by atoms with Gasteiger partial charge in [-0.05, 0) is 36.3 Å². The molecule has 2 aromatic heterocycles. The van der Waals surface area contributed by atoms with Crippen molar-refractivity contribution < 1.29 is 9.90 Å². The minimum Gasteiger partial charge on any atom is -0.504 e. The van der Waals surface area contributed by atoms with Crippen molar-refractivity contribution in [3.63, 3.8) is 0 Å². The topological polar surface area (TPSA) is 129 Å². The van der Waals surface area contributed by atoms with E-state index in [0.29, 0.717) is 0 Å². The number of aromatic nitrogens is 3. The van der Waals surface area contributed by atoms with Gasteiger partial charge in [0, 0.05) is 33.5 Å². The van der Waals surface area contributed by atoms with Gasteiger partial charge in [0.1, 0.15) is 11.4 Å². The monoisotopic (exact) mass is 452 g/mol. The SMILES string of the molecule is CCc1cn(C)nc1C(Nc1c(Nc2ccnc(C(=O)N(C)C)c2O)c(=O)c1=O)C1(C)CC1. The van der Waals surface area contributed by atoms with Gasteiger partial charge in [-0.1, -0.05) is 13.8 Å². The summed E-state index contributed by atoms with van der Waals surface area (Å²) in [4.78, 5) is 42.4. The van der Waals surface area contributed by atoms with E-state index in [0.717, 1.165) is 30.5 Å². The van der Waals surface area contributed by atoms with Crippen LogP contribution in [0.25, 0.3) is 0 Å². The number of hydrogen-bond acceptors (Lipinski definition) is 8. The van der Waals surface area contributed by atoms with Crippen LogP contribution in [0, 0.1) is 5.41 Å². The first kappa shape index (κ1) is 22.5. The molecule has 0 saturated heterocycles. The number of aromatic hydroxyl groups is 1. The normalized spacial score (nSPS) is 15.3. The maximum atomic E-state index is 12.5. The van der Waals surface area contributed by atoms with Crippen molar-refractivity contribution in [1.29, 1.82) is 0 Å². The van der Waals surface area contributed by atoms with Crippen LogP contribution >= 0.6 is 0 Å². The lowest BCUT2D eigenvalue weighted by Crippen LogP contribution is -2.38. The van der Waals surface area contributed by atoms with Gasteiger partial charge in [0.2, 0.25) is 0 Å². The van der Waals surface area contributed by atoms with Gasteiger partial charge in [-0.25, -0.2) is 4.98 Å². The zero-order chi connectivity index (χ0) is 24.1. The van der Waals surface area contributed by atoms with Crippen LogP contribution in [0.2, 0.25) is 0 Å². The molecule has 4 rings (SSSR count). The second kappa shape index (κ2) is 8.02. The van der Waals surface area contributed by atoms with Crippen LogP contribution in [-0.2, 0) is 13.5 Å². The summed E-state index contributed by atoms with van der Waals surface area (Å²) in [6, 6.07) is 1.20. The first-order valence-electron chi connectivity index (χ1n) is 10.9. The third kappa shape index (κ3) is 3.85. The molecule has 10 nitrogen and oxygen atoms in total. The lowest BCUT2D eigenvalue weighted by molar-refractivity contribution is 0.0819. The highest BCUT2D eigenvalue weighted by atomic mass is 16.3. The summed E-state index contributed by atoms with van der Waals surface area (Å²) >= 11 is 0. The second-order valence-electron chi connectivity index (χ2n) is 9.09. The Hall–Kier alpha value is -3.69. The lowest BCUT2D eigenvalue weighted by Gasteiger charge is -2.27. The van der Waals surface area contributed by atoms with Crippen LogP contribution < -0.4 is 21.5 Å². The molecule has 1 aromatic carbocycles. The summed E-state index contributed by atoms with van der Waals surface area (Å²) in [5.41, 5.74) is 0.716. The van der Waals surface area contributed by atoms with Crippen LogP contribution in [0.4, 0.5) is 17.1 Å². The highest BCUT2D eigenvalue weighted by Crippen LogP contribution is 2.56. The summed E-state index contributed by atoms with van der Waals surface area (Å²) in [6.45, 7) is 4.18. The number of hydrogen-bond donors (Lipinski definition) is 3. The van der Waals surface area contributed by atoms with E-state index in [-0.39, 0.29) is 40.0 Å². The van der Waals surface area contributed by atoms with Crippen molar-refractivity contribution in [3.8, 4) is 5.75 Å². The van der Waals surface area contributed by atoms with E-state index >= 15 is 0 Å². The fourth-order valence-corrected chi connectivity index (χ4v) is 3.98. The van der Waals surface area contributed by atoms with E-state index in [1.165, 1.54) is 17.2 Å². The van der Waals surface area contributed by atoms with Gasteiger partial charge < -0.3 is 20.6 Å². The number of pyridine rings is 1. The van der Waals surface area contributed by atoms with Crippen molar-refractivity contribution >= 4 is 23.0 Å². The summed E-state index contributed by atoms with van der Waals surface area (Å²) < 4.78 is 1.76. The van der Waals surface area contributed by atoms with E-state index in [1.54, 1.807) is 18.8 Å². The molecule has 1 atom stereocenters. The Morgan fingerprint density at radius 1 is 1.27 bits per heavy atom. The smallest absolute Gasteiger partial charge is 0.275 e. The Labute approximate surface area is 190 Å². The molecule has 0 aliphatic heterocycles. The predicted molar refractivity (Wildman–Crippen MR) is 125 cm³/mol. The van der Waals surface area contributed by atoms with Gasteiger partial charge in [0.15, 0.2) is 11.4 Å². The molecule has 10 heteroatoms. The Morgan fingerprint density at radius 3 is 2.55 bits per heavy atom. The summed E-state index contributed by atoms with van der Waals surface area (Å²) in [5.74, 6) is -0.873. The maximum Gasteiger partial charge on any atom is 0.275 e. The molecule has 3 aromatic rings. The number of aryl methyl sites for hydroxylation is 2. The van der Waals surface area contributed by atoms with Crippen LogP contribution in [0.3, 0.4) is 0 Å². The number of carbonyl (C=O) groups excluding carboxylic acids is 1. The minimum absolute atomic E-state index is 0.0491. The predicted octanol–water partition coefficient (Wildman–Crippen LogP) is 2.08. The van der Waals surface area contributed by atoms with E-state index in [2.05, 4.69) is 34.6 Å². The van der Waals surface area contributed by atoms with Gasteiger partial charge in [0.05, 0.1) is 17.4 Å². The Balaban J connectivity index is 1.68. The van der Waals surface area contributed by atoms with Crippen molar-refractivity contribution in [2.24, 2.45) is 12.5 Å². The van der Waals surface area contributed by atoms with E-state index < -0.39 is 16.8 Å². The molecule has 0 bridgehead atoms. The molecular weight excluding hydrogens is 424 g/mol. The van der Waals surface area contributed by atoms with Crippen molar-refractivity contribution in [2.45, 2.75) is 39.2 Å². The Morgan fingerprint density at radius 2 is 1.94 bits per heavy atom. The summed E-state index contributed by atoms with van der Waals surface area (Å²) in [7, 11) is 4.95. The van der Waals surface area contributed by atoms with Crippen LogP contribution in [0.5, 0.6) is 5.75 Å². The quantitative estimate of drug-likeness (QED) is 0.443. The van der Waals surface area contributed by atoms with Crippen molar-refractivity contribution in [1.82, 2.24) is 19.7 Å². The van der Waals surface area contributed by atoms with Crippen molar-refractivity contribution in [3.05, 3.63) is 55.9 Å². The van der Waals surface area contributed by atoms with Crippen molar-refractivity contribution in [2.75, 3.05) is 24.7 Å². The highest BCUT2D eigenvalue weighted by Gasteiger charge is 2.48. The Bertz CT molecular complexity index is 1300. The molecule has 1 unspecified atom stereocenters. The van der Waals surface area contributed by atoms with E-state index in [9.17, 15) is 19.5 Å². The number of amides is 1. The van der Waals surface area contributed by atoms with E-state index in [4.69, 9.17) is 0 Å². The molecule has 33 heavy (non-hydrogen) atoms. The molecule has 1 saturated carbocycles. The fourth-order valence-electron chi connectivity index (χ4n) is 3.98. The molecular formula is C23H28N6O4. The standard InChI is InChI=1S/C23H28N6O4/c1-6-12-11-29(5)27-14(12)21(23(2)8-9-23)26-16-15(19(31)20(16)32)25-13-7-10-24-17(18(13)30)22(33)28(3)4/h7,10-11,21,26,30H,6,8-9H2,1-5H3,(H,24,25). The maximum absolute atomic E-state index is 12.5. The summed E-state index contributed by atoms with van der Waals surface area (Å²) in [5, 5.41) is 21.3. The second-order valence-corrected chi connectivity index (χ2v) is 9.09. The van der Waals surface area contributed by atoms with Gasteiger partial charge in [-0.2, -0.15) is 5.10 Å². The molecule has 0 radical (unpaired) electrons. The first-order valence-corrected chi connectivity index (χ1v) is 10.9. The molecule has 0 spiro atoms. The third-order valence-corrected chi connectivity index (χ3v) is 6.32. The number of carbonyl (C=O) groups is 1. The zero-order valence-corrected chi connectivity index (χ0v) is 19.4. The molecule has 1 aliphatic rings. The fraction of sp³-hybridized carbons (Fsp3) is 0.435. The van der Waals surface area contributed by atoms with Crippen LogP contribution in [-0.4, -0.2) is 44.8 Å². The van der Waals surface area contributed by atoms with E-state index in [1.807, 2.05) is 13.2 Å².